The number of hydrogen-bond donors (Lipinski definition) is 1. The van der Waals surface area contributed by atoms with Crippen LogP contribution in [0.15, 0.2) is 33.3 Å². The average Bonchev–Trinajstić information content (AvgIpc) is 3.06. The van der Waals surface area contributed by atoms with Crippen LogP contribution in [0.2, 0.25) is 0 Å². The lowest BCUT2D eigenvalue weighted by Crippen LogP contribution is -3.06. The van der Waals surface area contributed by atoms with Gasteiger partial charge in [0.1, 0.15) is 12.7 Å². The van der Waals surface area contributed by atoms with Crippen molar-refractivity contribution in [2.75, 3.05) is 6.54 Å². The largest absolute Gasteiger partial charge is 1.00 e. The molecule has 21 heavy (non-hydrogen) atoms. The van der Waals surface area contributed by atoms with Crippen LogP contribution >= 0.6 is 0 Å². The van der Waals surface area contributed by atoms with Gasteiger partial charge >= 0.3 is 5.69 Å². The molecule has 0 spiro atoms. The fraction of sp³-hybridized carbons (Fsp3) is 0.333. The number of halogens is 1. The molecule has 8 nitrogen and oxygen atoms in total. The molecule has 0 aliphatic carbocycles. The number of aliphatic imine (C=N–C) groups is 1. The summed E-state index contributed by atoms with van der Waals surface area (Å²) in [4.78, 5) is 33.7. The zero-order valence-corrected chi connectivity index (χ0v) is 12.4. The minimum Gasteiger partial charge on any atom is -1.00 e. The molecule has 0 amide bonds. The van der Waals surface area contributed by atoms with Gasteiger partial charge in [-0.1, -0.05) is 0 Å². The van der Waals surface area contributed by atoms with Crippen molar-refractivity contribution in [3.63, 3.8) is 0 Å². The summed E-state index contributed by atoms with van der Waals surface area (Å²) in [5.74, 6) is 0. The minimum absolute atomic E-state index is 0. The molecule has 112 valence electrons. The SMILES string of the molecule is Cn1cnc2c1c(=O)n(CC[NH+]1C=CN=C1)c(=O)n2C.[Cl-]. The van der Waals surface area contributed by atoms with Gasteiger partial charge in [0, 0.05) is 14.1 Å². The van der Waals surface area contributed by atoms with Crippen LogP contribution in [0.4, 0.5) is 0 Å². The van der Waals surface area contributed by atoms with Crippen molar-refractivity contribution >= 4 is 17.5 Å². The Kier molecular flexibility index (Phi) is 4.10. The van der Waals surface area contributed by atoms with Gasteiger partial charge in [0.05, 0.1) is 19.1 Å². The van der Waals surface area contributed by atoms with Gasteiger partial charge in [0.15, 0.2) is 17.5 Å². The smallest absolute Gasteiger partial charge is 0.332 e. The number of fused-ring (bicyclic) bond motifs is 1. The van der Waals surface area contributed by atoms with E-state index >= 15 is 0 Å². The first kappa shape index (κ1) is 15.2. The first-order chi connectivity index (χ1) is 9.59. The fourth-order valence-corrected chi connectivity index (χ4v) is 2.30. The van der Waals surface area contributed by atoms with Gasteiger partial charge in [-0.05, 0) is 0 Å². The van der Waals surface area contributed by atoms with E-state index in [4.69, 9.17) is 0 Å². The van der Waals surface area contributed by atoms with Crippen molar-refractivity contribution in [3.05, 3.63) is 39.6 Å². The van der Waals surface area contributed by atoms with Crippen molar-refractivity contribution in [2.24, 2.45) is 19.1 Å². The van der Waals surface area contributed by atoms with E-state index in [9.17, 15) is 9.59 Å². The van der Waals surface area contributed by atoms with Gasteiger partial charge in [0.25, 0.3) is 5.56 Å². The number of aromatic nitrogens is 4. The molecule has 0 aromatic carbocycles. The minimum atomic E-state index is -0.347. The van der Waals surface area contributed by atoms with Crippen LogP contribution in [0.3, 0.4) is 0 Å². The molecule has 0 saturated heterocycles. The molecular weight excluding hydrogens is 296 g/mol. The monoisotopic (exact) mass is 310 g/mol. The highest BCUT2D eigenvalue weighted by Crippen LogP contribution is 2.02. The summed E-state index contributed by atoms with van der Waals surface area (Å²) in [6, 6.07) is 0. The first-order valence-electron chi connectivity index (χ1n) is 6.26. The van der Waals surface area contributed by atoms with Crippen LogP contribution in [0.5, 0.6) is 0 Å². The molecule has 0 bridgehead atoms. The summed E-state index contributed by atoms with van der Waals surface area (Å²) in [5, 5.41) is 0. The number of hydrogen-bond acceptors (Lipinski definition) is 4. The summed E-state index contributed by atoms with van der Waals surface area (Å²) < 4.78 is 4.29. The second-order valence-electron chi connectivity index (χ2n) is 4.74. The lowest BCUT2D eigenvalue weighted by atomic mass is 10.4. The Morgan fingerprint density at radius 1 is 1.29 bits per heavy atom. The van der Waals surface area contributed by atoms with Crippen LogP contribution < -0.4 is 28.6 Å². The molecule has 3 heterocycles. The van der Waals surface area contributed by atoms with Crippen molar-refractivity contribution in [3.8, 4) is 0 Å². The van der Waals surface area contributed by atoms with E-state index in [0.29, 0.717) is 24.3 Å². The number of rotatable bonds is 3. The normalized spacial score (nSPS) is 16.6. The van der Waals surface area contributed by atoms with Crippen molar-refractivity contribution < 1.29 is 17.3 Å². The van der Waals surface area contributed by atoms with E-state index in [0.717, 1.165) is 4.90 Å². The molecule has 0 fully saturated rings. The van der Waals surface area contributed by atoms with Gasteiger partial charge in [0.2, 0.25) is 0 Å². The van der Waals surface area contributed by atoms with Gasteiger partial charge in [-0.15, -0.1) is 0 Å². The molecule has 1 N–H and O–H groups in total. The fourth-order valence-electron chi connectivity index (χ4n) is 2.30. The van der Waals surface area contributed by atoms with E-state index in [1.54, 1.807) is 31.2 Å². The second-order valence-corrected chi connectivity index (χ2v) is 4.74. The Hall–Kier alpha value is -2.19. The maximum absolute atomic E-state index is 12.4. The number of aryl methyl sites for hydroxylation is 2. The lowest BCUT2D eigenvalue weighted by Gasteiger charge is -2.09. The van der Waals surface area contributed by atoms with Crippen molar-refractivity contribution in [1.29, 1.82) is 0 Å². The summed E-state index contributed by atoms with van der Waals surface area (Å²) in [6.07, 6.45) is 6.84. The third kappa shape index (κ3) is 2.43. The maximum atomic E-state index is 12.4. The van der Waals surface area contributed by atoms with Gasteiger partial charge in [-0.3, -0.25) is 18.8 Å². The zero-order valence-electron chi connectivity index (χ0n) is 11.7. The summed E-state index contributed by atoms with van der Waals surface area (Å²) >= 11 is 0. The quantitative estimate of drug-likeness (QED) is 0.616. The van der Waals surface area contributed by atoms with Crippen LogP contribution in [-0.2, 0) is 20.6 Å². The Morgan fingerprint density at radius 2 is 2.05 bits per heavy atom. The van der Waals surface area contributed by atoms with E-state index in [-0.39, 0.29) is 23.7 Å². The molecule has 1 aliphatic rings. The van der Waals surface area contributed by atoms with Crippen LogP contribution in [-0.4, -0.2) is 31.6 Å². The predicted octanol–water partition coefficient (Wildman–Crippen LogP) is -5.16. The molecular formula is C12H15ClN6O2. The van der Waals surface area contributed by atoms with Crippen LogP contribution in [0.25, 0.3) is 11.2 Å². The summed E-state index contributed by atoms with van der Waals surface area (Å²) in [7, 11) is 3.37. The second kappa shape index (κ2) is 5.66. The van der Waals surface area contributed by atoms with E-state index in [2.05, 4.69) is 9.98 Å². The maximum Gasteiger partial charge on any atom is 0.332 e. The third-order valence-corrected chi connectivity index (χ3v) is 3.44. The zero-order chi connectivity index (χ0) is 14.3. The number of imidazole rings is 1. The molecule has 1 aliphatic heterocycles. The van der Waals surface area contributed by atoms with Crippen molar-refractivity contribution in [1.82, 2.24) is 18.7 Å². The molecule has 3 rings (SSSR count). The van der Waals surface area contributed by atoms with Crippen LogP contribution in [0, 0.1) is 0 Å². The molecule has 0 radical (unpaired) electrons. The highest BCUT2D eigenvalue weighted by Gasteiger charge is 2.16. The topological polar surface area (TPSA) is 78.6 Å². The Balaban J connectivity index is 0.00000161. The highest BCUT2D eigenvalue weighted by molar-refractivity contribution is 5.69. The standard InChI is InChI=1S/C12H14N6O2.ClH/c1-15-8-14-10-9(15)11(19)18(12(20)16(10)2)6-5-17-4-3-13-7-17;/h3-4,7-8H,5-6H2,1-2H3;1H. The lowest BCUT2D eigenvalue weighted by molar-refractivity contribution is -0.737. The third-order valence-electron chi connectivity index (χ3n) is 3.44. The molecule has 1 atom stereocenters. The Bertz CT molecular complexity index is 832. The van der Waals surface area contributed by atoms with E-state index in [1.807, 2.05) is 6.20 Å². The molecule has 1 unspecified atom stereocenters. The van der Waals surface area contributed by atoms with Gasteiger partial charge in [-0.2, -0.15) is 0 Å². The molecule has 2 aromatic heterocycles. The van der Waals surface area contributed by atoms with Crippen molar-refractivity contribution in [2.45, 2.75) is 6.54 Å². The highest BCUT2D eigenvalue weighted by atomic mass is 35.5. The van der Waals surface area contributed by atoms with Gasteiger partial charge < -0.3 is 17.0 Å². The summed E-state index contributed by atoms with van der Waals surface area (Å²) in [5.41, 5.74) is 0.199. The Labute approximate surface area is 126 Å². The Morgan fingerprint density at radius 3 is 2.71 bits per heavy atom. The number of quaternary nitrogens is 1. The van der Waals surface area contributed by atoms with Crippen LogP contribution in [0.1, 0.15) is 0 Å². The average molecular weight is 311 g/mol. The van der Waals surface area contributed by atoms with Gasteiger partial charge in [-0.25, -0.2) is 14.8 Å². The molecule has 2 aromatic rings. The molecule has 0 saturated carbocycles. The summed E-state index contributed by atoms with van der Waals surface area (Å²) in [6.45, 7) is 0.927. The molecule has 9 heteroatoms. The van der Waals surface area contributed by atoms with E-state index < -0.39 is 0 Å². The van der Waals surface area contributed by atoms with E-state index in [1.165, 1.54) is 15.5 Å². The number of nitrogens with one attached hydrogen (secondary N) is 1. The predicted molar refractivity (Wildman–Crippen MR) is 73.7 cm³/mol. The first-order valence-corrected chi connectivity index (χ1v) is 6.26. The number of nitrogens with zero attached hydrogens (tertiary/aromatic N) is 5.